The molecule has 1 amide bonds. The van der Waals surface area contributed by atoms with Crippen LogP contribution < -0.4 is 39.3 Å². The van der Waals surface area contributed by atoms with Crippen molar-refractivity contribution in [2.75, 3.05) is 5.01 Å². The average Bonchev–Trinajstić information content (AvgIpc) is 3.07. The molecule has 180 valence electrons. The van der Waals surface area contributed by atoms with Crippen LogP contribution in [0.15, 0.2) is 80.9 Å². The smallest absolute Gasteiger partial charge is 0.744 e. The molecule has 0 fully saturated rings. The number of benzene rings is 3. The monoisotopic (exact) mass is 574 g/mol. The van der Waals surface area contributed by atoms with Crippen molar-refractivity contribution in [1.29, 1.82) is 0 Å². The van der Waals surface area contributed by atoms with Crippen LogP contribution in [0.5, 0.6) is 11.5 Å². The van der Waals surface area contributed by atoms with E-state index in [1.807, 2.05) is 0 Å². The predicted octanol–water partition coefficient (Wildman–Crippen LogP) is 3.22. The number of halogens is 3. The third-order valence-corrected chi connectivity index (χ3v) is 6.47. The molecule has 0 radical (unpaired) electrons. The number of carbonyl (C=O) groups excluding carboxylic acids is 1. The summed E-state index contributed by atoms with van der Waals surface area (Å²) in [6, 6.07) is 13.6. The van der Waals surface area contributed by atoms with Crippen LogP contribution in [-0.2, 0) is 14.9 Å². The third kappa shape index (κ3) is 6.27. The number of hydrazone groups is 1. The summed E-state index contributed by atoms with van der Waals surface area (Å²) >= 11 is 18.2. The number of carbonyl (C=O) groups is 1. The van der Waals surface area contributed by atoms with Crippen molar-refractivity contribution in [3.8, 4) is 11.5 Å². The first kappa shape index (κ1) is 28.5. The Labute approximate surface area is 243 Å². The van der Waals surface area contributed by atoms with Gasteiger partial charge in [0.1, 0.15) is 21.6 Å². The van der Waals surface area contributed by atoms with Crippen molar-refractivity contribution >= 4 is 67.9 Å². The van der Waals surface area contributed by atoms with Gasteiger partial charge in [-0.3, -0.25) is 4.79 Å². The van der Waals surface area contributed by atoms with E-state index < -0.39 is 27.0 Å². The third-order valence-electron chi connectivity index (χ3n) is 4.79. The number of azo groups is 1. The molecule has 0 spiro atoms. The molecule has 0 bridgehead atoms. The molecular weight excluding hydrogens is 562 g/mol. The number of hydrogen-bond donors (Lipinski definition) is 0. The maximum Gasteiger partial charge on any atom is 1.00 e. The van der Waals surface area contributed by atoms with Crippen LogP contribution in [0.4, 0.5) is 11.4 Å². The molecule has 3 aromatic rings. The van der Waals surface area contributed by atoms with Gasteiger partial charge in [-0.15, -0.1) is 0 Å². The maximum absolute atomic E-state index is 13.0. The minimum absolute atomic E-state index is 0. The summed E-state index contributed by atoms with van der Waals surface area (Å²) in [6.45, 7) is 1.56. The first-order valence-electron chi connectivity index (χ1n) is 9.82. The van der Waals surface area contributed by atoms with E-state index in [1.165, 1.54) is 12.1 Å². The Kier molecular flexibility index (Phi) is 9.18. The van der Waals surface area contributed by atoms with Crippen LogP contribution in [0.25, 0.3) is 0 Å². The second-order valence-corrected chi connectivity index (χ2v) is 9.85. The summed E-state index contributed by atoms with van der Waals surface area (Å²) in [7, 11) is -4.77. The standard InChI is InChI=1S/C22H15Cl3N4O5S.Na/c1-12-21(22(30)29(28-12)18-11-14(35(31,32)33)7-8-15(18)24)27-26-17-4-2-3-5-20(17)34-19-9-6-13(23)10-16(19)25;/h2-11,21H,1H3,(H,31,32,33);/q;+1/p-1. The zero-order valence-corrected chi connectivity index (χ0v) is 23.8. The van der Waals surface area contributed by atoms with E-state index in [4.69, 9.17) is 39.5 Å². The molecule has 3 aromatic carbocycles. The largest absolute Gasteiger partial charge is 1.00 e. The minimum Gasteiger partial charge on any atom is -0.744 e. The zero-order chi connectivity index (χ0) is 25.3. The van der Waals surface area contributed by atoms with Gasteiger partial charge in [-0.05, 0) is 55.5 Å². The minimum atomic E-state index is -4.77. The Balaban J connectivity index is 0.00000361. The summed E-state index contributed by atoms with van der Waals surface area (Å²) in [6.07, 6.45) is 0. The number of amides is 1. The quantitative estimate of drug-likeness (QED) is 0.254. The first-order chi connectivity index (χ1) is 16.5. The fourth-order valence-electron chi connectivity index (χ4n) is 3.09. The molecule has 9 nitrogen and oxygen atoms in total. The maximum atomic E-state index is 13.0. The fourth-order valence-corrected chi connectivity index (χ4v) is 4.23. The van der Waals surface area contributed by atoms with Gasteiger partial charge in [-0.1, -0.05) is 46.9 Å². The van der Waals surface area contributed by atoms with Gasteiger partial charge in [0.25, 0.3) is 5.91 Å². The summed E-state index contributed by atoms with van der Waals surface area (Å²) in [5, 5.41) is 14.1. The topological polar surface area (TPSA) is 124 Å². The van der Waals surface area contributed by atoms with Crippen LogP contribution in [0.3, 0.4) is 0 Å². The molecule has 0 N–H and O–H groups in total. The van der Waals surface area contributed by atoms with Gasteiger partial charge < -0.3 is 9.29 Å². The number of anilines is 1. The van der Waals surface area contributed by atoms with Gasteiger partial charge >= 0.3 is 29.6 Å². The molecule has 0 saturated carbocycles. The van der Waals surface area contributed by atoms with Crippen molar-refractivity contribution in [2.45, 2.75) is 17.9 Å². The van der Waals surface area contributed by atoms with E-state index >= 15 is 0 Å². The van der Waals surface area contributed by atoms with Gasteiger partial charge in [-0.25, -0.2) is 8.42 Å². The van der Waals surface area contributed by atoms with E-state index in [1.54, 1.807) is 43.3 Å². The molecule has 1 unspecified atom stereocenters. The molecule has 1 heterocycles. The van der Waals surface area contributed by atoms with Gasteiger partial charge in [0.15, 0.2) is 11.8 Å². The molecule has 1 atom stereocenters. The molecule has 36 heavy (non-hydrogen) atoms. The molecule has 0 aliphatic carbocycles. The van der Waals surface area contributed by atoms with E-state index in [0.717, 1.165) is 17.1 Å². The zero-order valence-electron chi connectivity index (χ0n) is 18.7. The van der Waals surface area contributed by atoms with Crippen LogP contribution in [0.2, 0.25) is 15.1 Å². The number of hydrogen-bond acceptors (Lipinski definition) is 8. The van der Waals surface area contributed by atoms with Crippen LogP contribution >= 0.6 is 34.8 Å². The second kappa shape index (κ2) is 11.6. The number of para-hydroxylation sites is 1. The molecule has 0 saturated heterocycles. The number of nitrogens with zero attached hydrogens (tertiary/aromatic N) is 4. The van der Waals surface area contributed by atoms with Crippen LogP contribution in [-0.4, -0.2) is 30.6 Å². The Morgan fingerprint density at radius 3 is 2.42 bits per heavy atom. The van der Waals surface area contributed by atoms with Crippen molar-refractivity contribution < 1.29 is 52.1 Å². The molecule has 14 heteroatoms. The van der Waals surface area contributed by atoms with E-state index in [-0.39, 0.29) is 46.0 Å². The summed E-state index contributed by atoms with van der Waals surface area (Å²) in [5.74, 6) is 0.0453. The average molecular weight is 576 g/mol. The Bertz CT molecular complexity index is 1500. The van der Waals surface area contributed by atoms with Gasteiger partial charge in [0.05, 0.1) is 26.3 Å². The summed E-state index contributed by atoms with van der Waals surface area (Å²) < 4.78 is 40.0. The molecular formula is C22H14Cl3N4NaO5S. The van der Waals surface area contributed by atoms with Crippen LogP contribution in [0, 0.1) is 0 Å². The Morgan fingerprint density at radius 1 is 1.00 bits per heavy atom. The van der Waals surface area contributed by atoms with Crippen LogP contribution in [0.1, 0.15) is 6.92 Å². The van der Waals surface area contributed by atoms with Gasteiger partial charge in [-0.2, -0.15) is 20.3 Å². The van der Waals surface area contributed by atoms with Crippen molar-refractivity contribution in [2.24, 2.45) is 15.3 Å². The predicted molar refractivity (Wildman–Crippen MR) is 131 cm³/mol. The Morgan fingerprint density at radius 2 is 1.72 bits per heavy atom. The summed E-state index contributed by atoms with van der Waals surface area (Å²) in [4.78, 5) is 12.5. The fraction of sp³-hybridized carbons (Fsp3) is 0.0909. The second-order valence-electron chi connectivity index (χ2n) is 7.22. The van der Waals surface area contributed by atoms with E-state index in [0.29, 0.717) is 27.2 Å². The van der Waals surface area contributed by atoms with Crippen molar-refractivity contribution in [1.82, 2.24) is 0 Å². The van der Waals surface area contributed by atoms with E-state index in [2.05, 4.69) is 15.3 Å². The summed E-state index contributed by atoms with van der Waals surface area (Å²) in [5.41, 5.74) is 0.533. The van der Waals surface area contributed by atoms with Crippen molar-refractivity contribution in [3.05, 3.63) is 75.7 Å². The van der Waals surface area contributed by atoms with Crippen molar-refractivity contribution in [3.63, 3.8) is 0 Å². The SMILES string of the molecule is CC1=NN(c2cc(S(=O)(=O)[O-])ccc2Cl)C(=O)C1N=Nc1ccccc1Oc1ccc(Cl)cc1Cl.[Na+]. The van der Waals surface area contributed by atoms with Gasteiger partial charge in [0, 0.05) is 5.02 Å². The number of ether oxygens (including phenoxy) is 1. The molecule has 1 aliphatic rings. The Hall–Kier alpha value is -2.02. The number of rotatable bonds is 6. The van der Waals surface area contributed by atoms with Gasteiger partial charge in [0.2, 0.25) is 0 Å². The molecule has 0 aromatic heterocycles. The molecule has 4 rings (SSSR count). The normalized spacial score (nSPS) is 15.7. The van der Waals surface area contributed by atoms with E-state index in [9.17, 15) is 17.8 Å². The molecule has 1 aliphatic heterocycles. The first-order valence-corrected chi connectivity index (χ1v) is 12.4.